The van der Waals surface area contributed by atoms with Crippen LogP contribution in [0.25, 0.3) is 22.5 Å². The minimum atomic E-state index is 0.696. The van der Waals surface area contributed by atoms with Gasteiger partial charge in [0.15, 0.2) is 0 Å². The average Bonchev–Trinajstić information content (AvgIpc) is 3.29. The molecular weight excluding hydrogens is 344 g/mol. The number of H-pyrrole nitrogens is 1. The first-order valence-electron chi connectivity index (χ1n) is 8.63. The molecule has 3 aromatic heterocycles. The lowest BCUT2D eigenvalue weighted by atomic mass is 10.1. The molecule has 4 rings (SSSR count). The second-order valence-electron chi connectivity index (χ2n) is 6.84. The summed E-state index contributed by atoms with van der Waals surface area (Å²) in [5.74, 6) is 2.53. The Morgan fingerprint density at radius 3 is 2.69 bits per heavy atom. The molecule has 0 bridgehead atoms. The molecule has 0 aliphatic heterocycles. The van der Waals surface area contributed by atoms with Gasteiger partial charge in [0.25, 0.3) is 0 Å². The molecule has 4 aromatic rings. The molecule has 0 spiro atoms. The van der Waals surface area contributed by atoms with Crippen molar-refractivity contribution in [2.45, 2.75) is 33.9 Å². The van der Waals surface area contributed by atoms with Crippen LogP contribution in [0.1, 0.15) is 28.4 Å². The minimum Gasteiger partial charge on any atom is -0.441 e. The van der Waals surface area contributed by atoms with Gasteiger partial charge in [-0.25, -0.2) is 9.97 Å². The van der Waals surface area contributed by atoms with Crippen LogP contribution in [0.2, 0.25) is 0 Å². The summed E-state index contributed by atoms with van der Waals surface area (Å²) < 4.78 is 5.83. The van der Waals surface area contributed by atoms with Gasteiger partial charge in [-0.2, -0.15) is 11.3 Å². The van der Waals surface area contributed by atoms with Crippen LogP contribution in [0.4, 0.5) is 0 Å². The molecule has 1 aromatic carbocycles. The van der Waals surface area contributed by atoms with E-state index in [-0.39, 0.29) is 0 Å². The van der Waals surface area contributed by atoms with E-state index >= 15 is 0 Å². The van der Waals surface area contributed by atoms with Crippen LogP contribution in [-0.4, -0.2) is 26.9 Å². The molecule has 0 aliphatic carbocycles. The first-order valence-corrected chi connectivity index (χ1v) is 9.57. The van der Waals surface area contributed by atoms with Crippen LogP contribution in [0.3, 0.4) is 0 Å². The highest BCUT2D eigenvalue weighted by atomic mass is 32.1. The Kier molecular flexibility index (Phi) is 4.38. The van der Waals surface area contributed by atoms with Crippen molar-refractivity contribution in [3.63, 3.8) is 0 Å². The predicted molar refractivity (Wildman–Crippen MR) is 105 cm³/mol. The average molecular weight is 366 g/mol. The quantitative estimate of drug-likeness (QED) is 0.549. The molecule has 0 saturated heterocycles. The van der Waals surface area contributed by atoms with Crippen LogP contribution >= 0.6 is 11.3 Å². The molecule has 0 unspecified atom stereocenters. The first kappa shape index (κ1) is 17.0. The van der Waals surface area contributed by atoms with E-state index in [4.69, 9.17) is 9.40 Å². The zero-order valence-corrected chi connectivity index (χ0v) is 16.3. The lowest BCUT2D eigenvalue weighted by Crippen LogP contribution is -2.18. The van der Waals surface area contributed by atoms with Gasteiger partial charge in [0.1, 0.15) is 11.6 Å². The number of aromatic amines is 1. The molecular formula is C20H22N4OS. The number of nitrogens with one attached hydrogen (secondary N) is 1. The Bertz CT molecular complexity index is 1010. The van der Waals surface area contributed by atoms with Crippen LogP contribution in [-0.2, 0) is 13.1 Å². The number of hydrogen-bond donors (Lipinski definition) is 1. The molecule has 1 N–H and O–H groups in total. The topological polar surface area (TPSA) is 58.0 Å². The Labute approximate surface area is 156 Å². The largest absolute Gasteiger partial charge is 0.441 e. The highest BCUT2D eigenvalue weighted by Gasteiger charge is 2.15. The van der Waals surface area contributed by atoms with E-state index in [1.165, 1.54) is 11.1 Å². The maximum atomic E-state index is 5.83. The molecule has 6 heteroatoms. The highest BCUT2D eigenvalue weighted by Crippen LogP contribution is 2.24. The summed E-state index contributed by atoms with van der Waals surface area (Å²) in [6.07, 6.45) is 0. The number of rotatable bonds is 5. The van der Waals surface area contributed by atoms with Crippen LogP contribution in [0, 0.1) is 20.8 Å². The molecule has 3 heterocycles. The smallest absolute Gasteiger partial charge is 0.227 e. The van der Waals surface area contributed by atoms with Crippen LogP contribution in [0.15, 0.2) is 33.4 Å². The van der Waals surface area contributed by atoms with Crippen molar-refractivity contribution in [3.8, 4) is 11.5 Å². The van der Waals surface area contributed by atoms with Crippen molar-refractivity contribution in [2.75, 3.05) is 7.05 Å². The summed E-state index contributed by atoms with van der Waals surface area (Å²) in [6.45, 7) is 7.66. The summed E-state index contributed by atoms with van der Waals surface area (Å²) in [5.41, 5.74) is 6.66. The van der Waals surface area contributed by atoms with Crippen LogP contribution in [0.5, 0.6) is 0 Å². The zero-order valence-electron chi connectivity index (χ0n) is 15.5. The number of fused-ring (bicyclic) bond motifs is 1. The summed E-state index contributed by atoms with van der Waals surface area (Å²) in [7, 11) is 2.07. The normalized spacial score (nSPS) is 11.7. The van der Waals surface area contributed by atoms with E-state index in [0.29, 0.717) is 12.4 Å². The number of hydrogen-bond acceptors (Lipinski definition) is 5. The van der Waals surface area contributed by atoms with Crippen molar-refractivity contribution >= 4 is 22.4 Å². The highest BCUT2D eigenvalue weighted by molar-refractivity contribution is 7.08. The molecule has 0 saturated carbocycles. The molecule has 0 amide bonds. The van der Waals surface area contributed by atoms with Gasteiger partial charge in [0.05, 0.1) is 23.3 Å². The Morgan fingerprint density at radius 2 is 1.92 bits per heavy atom. The fourth-order valence-corrected chi connectivity index (χ4v) is 3.68. The van der Waals surface area contributed by atoms with E-state index in [1.54, 1.807) is 11.3 Å². The number of oxazole rings is 1. The number of benzene rings is 1. The second-order valence-corrected chi connectivity index (χ2v) is 7.62. The van der Waals surface area contributed by atoms with Gasteiger partial charge in [-0.3, -0.25) is 4.90 Å². The standard InChI is InChI=1S/C20H22N4OS/c1-12-7-16-17(8-13(12)2)22-19(21-16)10-24(4)9-18-14(3)25-20(23-18)15-5-6-26-11-15/h5-8,11H,9-10H2,1-4H3,(H,21,22). The van der Waals surface area contributed by atoms with E-state index in [0.717, 1.165) is 40.4 Å². The summed E-state index contributed by atoms with van der Waals surface area (Å²) in [4.78, 5) is 15.0. The summed E-state index contributed by atoms with van der Waals surface area (Å²) in [6, 6.07) is 6.33. The van der Waals surface area contributed by atoms with Crippen molar-refractivity contribution in [1.29, 1.82) is 0 Å². The van der Waals surface area contributed by atoms with Gasteiger partial charge in [-0.1, -0.05) is 0 Å². The van der Waals surface area contributed by atoms with E-state index in [2.05, 4.69) is 53.3 Å². The van der Waals surface area contributed by atoms with Gasteiger partial charge in [0.2, 0.25) is 5.89 Å². The maximum Gasteiger partial charge on any atom is 0.227 e. The molecule has 5 nitrogen and oxygen atoms in total. The molecule has 26 heavy (non-hydrogen) atoms. The Hall–Kier alpha value is -2.44. The van der Waals surface area contributed by atoms with Gasteiger partial charge >= 0.3 is 0 Å². The minimum absolute atomic E-state index is 0.696. The second kappa shape index (κ2) is 6.70. The Balaban J connectivity index is 1.50. The number of imidazole rings is 1. The number of thiophene rings is 1. The lowest BCUT2D eigenvalue weighted by molar-refractivity contribution is 0.306. The summed E-state index contributed by atoms with van der Waals surface area (Å²) >= 11 is 1.65. The van der Waals surface area contributed by atoms with Crippen LogP contribution < -0.4 is 0 Å². The third-order valence-electron chi connectivity index (χ3n) is 4.65. The van der Waals surface area contributed by atoms with Crippen molar-refractivity contribution in [2.24, 2.45) is 0 Å². The first-order chi connectivity index (χ1) is 12.5. The number of aromatic nitrogens is 3. The SMILES string of the molecule is Cc1cc2nc(CN(C)Cc3nc(-c4ccsc4)oc3C)[nH]c2cc1C. The van der Waals surface area contributed by atoms with Crippen molar-refractivity contribution in [3.05, 3.63) is 57.4 Å². The van der Waals surface area contributed by atoms with Crippen molar-refractivity contribution < 1.29 is 4.42 Å². The number of aryl methyl sites for hydroxylation is 3. The molecule has 0 fully saturated rings. The maximum absolute atomic E-state index is 5.83. The third kappa shape index (κ3) is 3.30. The van der Waals surface area contributed by atoms with Gasteiger partial charge in [-0.15, -0.1) is 0 Å². The number of nitrogens with zero attached hydrogens (tertiary/aromatic N) is 3. The predicted octanol–water partition coefficient (Wildman–Crippen LogP) is 4.84. The van der Waals surface area contributed by atoms with Crippen molar-refractivity contribution in [1.82, 2.24) is 19.9 Å². The van der Waals surface area contributed by atoms with Gasteiger partial charge in [0, 0.05) is 17.5 Å². The Morgan fingerprint density at radius 1 is 1.12 bits per heavy atom. The van der Waals surface area contributed by atoms with Gasteiger partial charge < -0.3 is 9.40 Å². The molecule has 134 valence electrons. The zero-order chi connectivity index (χ0) is 18.3. The van der Waals surface area contributed by atoms with Gasteiger partial charge in [-0.05, 0) is 62.5 Å². The van der Waals surface area contributed by atoms with E-state index in [9.17, 15) is 0 Å². The monoisotopic (exact) mass is 366 g/mol. The lowest BCUT2D eigenvalue weighted by Gasteiger charge is -2.13. The summed E-state index contributed by atoms with van der Waals surface area (Å²) in [5, 5.41) is 4.09. The molecule has 0 atom stereocenters. The third-order valence-corrected chi connectivity index (χ3v) is 5.33. The fraction of sp³-hybridized carbons (Fsp3) is 0.300. The fourth-order valence-electron chi connectivity index (χ4n) is 3.05. The van der Waals surface area contributed by atoms with E-state index < -0.39 is 0 Å². The molecule has 0 aliphatic rings. The van der Waals surface area contributed by atoms with E-state index in [1.807, 2.05) is 18.4 Å². The molecule has 0 radical (unpaired) electrons.